The highest BCUT2D eigenvalue weighted by atomic mass is 16.5. The predicted molar refractivity (Wildman–Crippen MR) is 67.4 cm³/mol. The fourth-order valence-corrected chi connectivity index (χ4v) is 1.69. The second-order valence-electron chi connectivity index (χ2n) is 4.06. The minimum atomic E-state index is -0.596. The number of aliphatic hydroxyl groups is 1. The molecule has 5 heteroatoms. The number of hydrogen-bond acceptors (Lipinski definition) is 4. The third-order valence-electron chi connectivity index (χ3n) is 2.59. The van der Waals surface area contributed by atoms with Gasteiger partial charge in [0, 0.05) is 5.56 Å². The van der Waals surface area contributed by atoms with Crippen molar-refractivity contribution in [3.8, 4) is 5.75 Å². The summed E-state index contributed by atoms with van der Waals surface area (Å²) in [5.41, 5.74) is 1.62. The fourth-order valence-electron chi connectivity index (χ4n) is 1.69. The molecular weight excluding hydrogens is 230 g/mol. The third kappa shape index (κ3) is 2.87. The molecule has 0 saturated carbocycles. The van der Waals surface area contributed by atoms with Gasteiger partial charge in [0.1, 0.15) is 11.4 Å². The Hall–Kier alpha value is -1.88. The Morgan fingerprint density at radius 3 is 2.83 bits per heavy atom. The number of ether oxygens (including phenoxy) is 1. The summed E-state index contributed by atoms with van der Waals surface area (Å²) in [4.78, 5) is 0. The van der Waals surface area contributed by atoms with E-state index in [2.05, 4.69) is 10.3 Å². The van der Waals surface area contributed by atoms with E-state index in [0.717, 1.165) is 11.3 Å². The fraction of sp³-hybridized carbons (Fsp3) is 0.385. The maximum Gasteiger partial charge on any atom is 0.124 e. The molecule has 0 radical (unpaired) electrons. The number of aliphatic hydroxyl groups excluding tert-OH is 1. The van der Waals surface area contributed by atoms with Gasteiger partial charge < -0.3 is 9.84 Å². The minimum Gasteiger partial charge on any atom is -0.494 e. The summed E-state index contributed by atoms with van der Waals surface area (Å²) >= 11 is 0. The maximum atomic E-state index is 9.40. The quantitative estimate of drug-likeness (QED) is 0.875. The van der Waals surface area contributed by atoms with Gasteiger partial charge in [0.15, 0.2) is 0 Å². The lowest BCUT2D eigenvalue weighted by atomic mass is 10.2. The molecule has 1 aromatic carbocycles. The van der Waals surface area contributed by atoms with E-state index in [9.17, 15) is 5.11 Å². The highest BCUT2D eigenvalue weighted by molar-refractivity contribution is 5.33. The van der Waals surface area contributed by atoms with Crippen LogP contribution < -0.4 is 4.74 Å². The molecule has 0 spiro atoms. The lowest BCUT2D eigenvalue weighted by Gasteiger charge is -2.09. The van der Waals surface area contributed by atoms with Crippen LogP contribution >= 0.6 is 0 Å². The molecule has 1 unspecified atom stereocenters. The van der Waals surface area contributed by atoms with Crippen LogP contribution in [0.25, 0.3) is 0 Å². The molecule has 0 saturated heterocycles. The van der Waals surface area contributed by atoms with Crippen LogP contribution in [0.4, 0.5) is 0 Å². The van der Waals surface area contributed by atoms with Gasteiger partial charge in [0.05, 0.1) is 25.5 Å². The van der Waals surface area contributed by atoms with Crippen LogP contribution in [0.3, 0.4) is 0 Å². The molecule has 0 aliphatic carbocycles. The Labute approximate surface area is 106 Å². The molecule has 0 fully saturated rings. The van der Waals surface area contributed by atoms with Gasteiger partial charge in [-0.2, -0.15) is 0 Å². The average molecular weight is 247 g/mol. The number of nitrogens with zero attached hydrogens (tertiary/aromatic N) is 3. The first-order valence-electron chi connectivity index (χ1n) is 5.99. The molecule has 0 aliphatic heterocycles. The largest absolute Gasteiger partial charge is 0.494 e. The van der Waals surface area contributed by atoms with Crippen molar-refractivity contribution in [3.63, 3.8) is 0 Å². The summed E-state index contributed by atoms with van der Waals surface area (Å²) in [6.07, 6.45) is 1.15. The van der Waals surface area contributed by atoms with Gasteiger partial charge in [-0.25, -0.2) is 4.68 Å². The van der Waals surface area contributed by atoms with E-state index in [1.54, 1.807) is 17.8 Å². The number of hydrogen-bond donors (Lipinski definition) is 1. The van der Waals surface area contributed by atoms with E-state index in [-0.39, 0.29) is 0 Å². The van der Waals surface area contributed by atoms with Crippen molar-refractivity contribution >= 4 is 0 Å². The van der Waals surface area contributed by atoms with Gasteiger partial charge in [-0.05, 0) is 19.9 Å². The summed E-state index contributed by atoms with van der Waals surface area (Å²) in [5.74, 6) is 0.856. The molecule has 5 nitrogen and oxygen atoms in total. The summed E-state index contributed by atoms with van der Waals surface area (Å²) in [6, 6.07) is 7.83. The highest BCUT2D eigenvalue weighted by Gasteiger charge is 2.08. The van der Waals surface area contributed by atoms with E-state index in [4.69, 9.17) is 4.74 Å². The zero-order chi connectivity index (χ0) is 13.0. The van der Waals surface area contributed by atoms with Crippen LogP contribution in [-0.4, -0.2) is 26.7 Å². The Morgan fingerprint density at radius 2 is 2.17 bits per heavy atom. The molecular formula is C13H17N3O2. The molecule has 1 heterocycles. The molecule has 0 amide bonds. The van der Waals surface area contributed by atoms with E-state index < -0.39 is 6.10 Å². The summed E-state index contributed by atoms with van der Waals surface area (Å²) < 4.78 is 7.25. The van der Waals surface area contributed by atoms with Crippen molar-refractivity contribution < 1.29 is 9.84 Å². The Morgan fingerprint density at radius 1 is 1.39 bits per heavy atom. The molecule has 2 aromatic rings. The molecule has 18 heavy (non-hydrogen) atoms. The van der Waals surface area contributed by atoms with Crippen LogP contribution in [0.5, 0.6) is 5.75 Å². The number of benzene rings is 1. The van der Waals surface area contributed by atoms with Gasteiger partial charge in [-0.1, -0.05) is 23.4 Å². The van der Waals surface area contributed by atoms with Crippen molar-refractivity contribution in [1.29, 1.82) is 0 Å². The highest BCUT2D eigenvalue weighted by Crippen LogP contribution is 2.19. The first-order valence-corrected chi connectivity index (χ1v) is 5.99. The van der Waals surface area contributed by atoms with Crippen LogP contribution in [-0.2, 0) is 6.54 Å². The van der Waals surface area contributed by atoms with E-state index >= 15 is 0 Å². The molecule has 2 rings (SSSR count). The topological polar surface area (TPSA) is 60.2 Å². The first kappa shape index (κ1) is 12.6. The van der Waals surface area contributed by atoms with Gasteiger partial charge in [-0.3, -0.25) is 0 Å². The van der Waals surface area contributed by atoms with Crippen molar-refractivity contribution in [2.24, 2.45) is 0 Å². The van der Waals surface area contributed by atoms with Crippen LogP contribution in [0.15, 0.2) is 30.5 Å². The van der Waals surface area contributed by atoms with Gasteiger partial charge in [0.2, 0.25) is 0 Å². The second kappa shape index (κ2) is 5.64. The monoisotopic (exact) mass is 247 g/mol. The maximum absolute atomic E-state index is 9.40. The van der Waals surface area contributed by atoms with Crippen molar-refractivity contribution in [1.82, 2.24) is 15.0 Å². The lowest BCUT2D eigenvalue weighted by Crippen LogP contribution is -2.03. The van der Waals surface area contributed by atoms with E-state index in [1.165, 1.54) is 0 Å². The first-order chi connectivity index (χ1) is 8.70. The van der Waals surface area contributed by atoms with Crippen LogP contribution in [0.1, 0.15) is 31.2 Å². The molecule has 1 atom stereocenters. The van der Waals surface area contributed by atoms with E-state index in [1.807, 2.05) is 31.2 Å². The van der Waals surface area contributed by atoms with Crippen LogP contribution in [0, 0.1) is 0 Å². The van der Waals surface area contributed by atoms with E-state index in [0.29, 0.717) is 18.8 Å². The molecule has 1 aromatic heterocycles. The smallest absolute Gasteiger partial charge is 0.124 e. The molecule has 96 valence electrons. The zero-order valence-corrected chi connectivity index (χ0v) is 10.6. The van der Waals surface area contributed by atoms with Crippen molar-refractivity contribution in [3.05, 3.63) is 41.7 Å². The summed E-state index contributed by atoms with van der Waals surface area (Å²) in [6.45, 7) is 4.84. The third-order valence-corrected chi connectivity index (χ3v) is 2.59. The van der Waals surface area contributed by atoms with Crippen LogP contribution in [0.2, 0.25) is 0 Å². The summed E-state index contributed by atoms with van der Waals surface area (Å²) in [7, 11) is 0. The average Bonchev–Trinajstić information content (AvgIpc) is 2.81. The number of para-hydroxylation sites is 1. The lowest BCUT2D eigenvalue weighted by molar-refractivity contribution is 0.194. The predicted octanol–water partition coefficient (Wildman–Crippen LogP) is 1.78. The zero-order valence-electron chi connectivity index (χ0n) is 10.6. The number of aromatic nitrogens is 3. The number of rotatable bonds is 5. The van der Waals surface area contributed by atoms with Crippen molar-refractivity contribution in [2.45, 2.75) is 26.5 Å². The van der Waals surface area contributed by atoms with Crippen molar-refractivity contribution in [2.75, 3.05) is 6.61 Å². The van der Waals surface area contributed by atoms with Gasteiger partial charge >= 0.3 is 0 Å². The second-order valence-corrected chi connectivity index (χ2v) is 4.06. The Kier molecular flexibility index (Phi) is 3.94. The molecule has 1 N–H and O–H groups in total. The normalized spacial score (nSPS) is 12.4. The Balaban J connectivity index is 2.17. The molecule has 0 aliphatic rings. The SMILES string of the molecule is CCOc1ccccc1Cn1cc(C(C)O)nn1. The van der Waals surface area contributed by atoms with Gasteiger partial charge in [-0.15, -0.1) is 5.10 Å². The Bertz CT molecular complexity index is 508. The minimum absolute atomic E-state index is 0.573. The standard InChI is InChI=1S/C13H17N3O2/c1-3-18-13-7-5-4-6-11(13)8-16-9-12(10(2)17)14-15-16/h4-7,9-10,17H,3,8H2,1-2H3. The van der Waals surface area contributed by atoms with Gasteiger partial charge in [0.25, 0.3) is 0 Å². The molecule has 0 bridgehead atoms. The summed E-state index contributed by atoms with van der Waals surface area (Å²) in [5, 5.41) is 17.3.